The highest BCUT2D eigenvalue weighted by Crippen LogP contribution is 2.29. The maximum atomic E-state index is 9.38. The van der Waals surface area contributed by atoms with Gasteiger partial charge in [0.25, 0.3) is 0 Å². The van der Waals surface area contributed by atoms with Crippen molar-refractivity contribution in [3.63, 3.8) is 0 Å². The van der Waals surface area contributed by atoms with Crippen molar-refractivity contribution in [1.29, 1.82) is 0 Å². The Labute approximate surface area is 92.1 Å². The summed E-state index contributed by atoms with van der Waals surface area (Å²) < 4.78 is 11.4. The van der Waals surface area contributed by atoms with Crippen LogP contribution in [0, 0.1) is 5.41 Å². The van der Waals surface area contributed by atoms with Crippen LogP contribution in [-0.2, 0) is 8.85 Å². The summed E-state index contributed by atoms with van der Waals surface area (Å²) in [6.45, 7) is 10.2. The zero-order valence-corrected chi connectivity index (χ0v) is 12.9. The molecule has 0 aromatic heterocycles. The second kappa shape index (κ2) is 6.73. The maximum absolute atomic E-state index is 9.38. The molecule has 0 spiro atoms. The standard InChI is InChI=1S/C9H24O3Si2/c1-7(10)6-9(2,3)8(11-13-4)12-14-5/h7-8,10H,6,13-14H2,1-5H3. The molecule has 0 aromatic rings. The predicted molar refractivity (Wildman–Crippen MR) is 64.9 cm³/mol. The van der Waals surface area contributed by atoms with Crippen LogP contribution in [0.4, 0.5) is 0 Å². The third kappa shape index (κ3) is 5.26. The summed E-state index contributed by atoms with van der Waals surface area (Å²) in [4.78, 5) is 0. The molecule has 1 N–H and O–H groups in total. The highest BCUT2D eigenvalue weighted by molar-refractivity contribution is 6.26. The zero-order chi connectivity index (χ0) is 11.2. The normalized spacial score (nSPS) is 18.4. The Bertz CT molecular complexity index is 145. The van der Waals surface area contributed by atoms with Gasteiger partial charge >= 0.3 is 0 Å². The van der Waals surface area contributed by atoms with Crippen molar-refractivity contribution in [2.24, 2.45) is 5.41 Å². The summed E-state index contributed by atoms with van der Waals surface area (Å²) in [5.41, 5.74) is -0.0831. The van der Waals surface area contributed by atoms with Gasteiger partial charge in [-0.15, -0.1) is 0 Å². The maximum Gasteiger partial charge on any atom is 0.161 e. The molecule has 0 rings (SSSR count). The molecule has 0 fully saturated rings. The molecule has 0 amide bonds. The van der Waals surface area contributed by atoms with E-state index < -0.39 is 19.5 Å². The van der Waals surface area contributed by atoms with Gasteiger partial charge in [-0.05, 0) is 13.3 Å². The van der Waals surface area contributed by atoms with E-state index in [9.17, 15) is 5.11 Å². The summed E-state index contributed by atoms with van der Waals surface area (Å²) in [5, 5.41) is 9.38. The first-order valence-electron chi connectivity index (χ1n) is 5.35. The minimum atomic E-state index is -0.452. The molecule has 0 aliphatic heterocycles. The molecule has 0 bridgehead atoms. The first-order chi connectivity index (χ1) is 6.44. The van der Waals surface area contributed by atoms with Gasteiger partial charge in [-0.25, -0.2) is 0 Å². The molecule has 0 saturated heterocycles. The molecule has 5 heteroatoms. The van der Waals surface area contributed by atoms with E-state index in [-0.39, 0.29) is 17.8 Å². The Balaban J connectivity index is 4.28. The Morgan fingerprint density at radius 1 is 1.21 bits per heavy atom. The summed E-state index contributed by atoms with van der Waals surface area (Å²) in [7, 11) is -0.904. The third-order valence-corrected chi connectivity index (χ3v) is 3.37. The Kier molecular flexibility index (Phi) is 6.89. The molecule has 1 atom stereocenters. The quantitative estimate of drug-likeness (QED) is 0.514. The van der Waals surface area contributed by atoms with Crippen LogP contribution >= 0.6 is 0 Å². The van der Waals surface area contributed by atoms with E-state index in [0.29, 0.717) is 0 Å². The molecule has 3 nitrogen and oxygen atoms in total. The van der Waals surface area contributed by atoms with Gasteiger partial charge in [0.15, 0.2) is 19.5 Å². The highest BCUT2D eigenvalue weighted by atomic mass is 28.2. The lowest BCUT2D eigenvalue weighted by Gasteiger charge is -2.35. The van der Waals surface area contributed by atoms with E-state index in [2.05, 4.69) is 26.9 Å². The highest BCUT2D eigenvalue weighted by Gasteiger charge is 2.31. The van der Waals surface area contributed by atoms with Gasteiger partial charge in [-0.2, -0.15) is 0 Å². The minimum Gasteiger partial charge on any atom is -0.400 e. The monoisotopic (exact) mass is 236 g/mol. The minimum absolute atomic E-state index is 0.0831. The Morgan fingerprint density at radius 2 is 1.64 bits per heavy atom. The van der Waals surface area contributed by atoms with Crippen molar-refractivity contribution in [3.05, 3.63) is 0 Å². The van der Waals surface area contributed by atoms with Crippen molar-refractivity contribution in [2.75, 3.05) is 0 Å². The lowest BCUT2D eigenvalue weighted by molar-refractivity contribution is -0.0935. The fraction of sp³-hybridized carbons (Fsp3) is 1.00. The van der Waals surface area contributed by atoms with Gasteiger partial charge in [0.1, 0.15) is 6.29 Å². The van der Waals surface area contributed by atoms with Gasteiger partial charge < -0.3 is 14.0 Å². The zero-order valence-electron chi connectivity index (χ0n) is 10.0. The molecule has 0 aliphatic carbocycles. The number of aliphatic hydroxyl groups is 1. The average molecular weight is 236 g/mol. The van der Waals surface area contributed by atoms with Gasteiger partial charge in [0, 0.05) is 5.41 Å². The van der Waals surface area contributed by atoms with Crippen LogP contribution in [0.15, 0.2) is 0 Å². The Hall–Kier alpha value is 0.314. The van der Waals surface area contributed by atoms with Crippen LogP contribution < -0.4 is 0 Å². The first kappa shape index (κ1) is 14.3. The average Bonchev–Trinajstić information content (AvgIpc) is 2.01. The van der Waals surface area contributed by atoms with E-state index in [1.54, 1.807) is 0 Å². The SMILES string of the molecule is C[SiH2]OC(O[SiH2]C)C(C)(C)CC(C)O. The van der Waals surface area contributed by atoms with E-state index in [4.69, 9.17) is 8.85 Å². The van der Waals surface area contributed by atoms with Crippen molar-refractivity contribution in [3.8, 4) is 0 Å². The molecule has 1 unspecified atom stereocenters. The number of rotatable bonds is 7. The largest absolute Gasteiger partial charge is 0.400 e. The molecular formula is C9H24O3Si2. The number of hydrogen-bond acceptors (Lipinski definition) is 3. The van der Waals surface area contributed by atoms with E-state index in [0.717, 1.165) is 6.42 Å². The van der Waals surface area contributed by atoms with E-state index in [1.807, 2.05) is 6.92 Å². The van der Waals surface area contributed by atoms with E-state index in [1.165, 1.54) is 0 Å². The summed E-state index contributed by atoms with van der Waals surface area (Å²) in [6.07, 6.45) is 0.322. The van der Waals surface area contributed by atoms with E-state index >= 15 is 0 Å². The molecule has 86 valence electrons. The van der Waals surface area contributed by atoms with Gasteiger partial charge in [0.2, 0.25) is 0 Å². The molecular weight excluding hydrogens is 212 g/mol. The predicted octanol–water partition coefficient (Wildman–Crippen LogP) is 0.407. The lowest BCUT2D eigenvalue weighted by Crippen LogP contribution is -2.38. The smallest absolute Gasteiger partial charge is 0.161 e. The van der Waals surface area contributed by atoms with Crippen LogP contribution in [0.25, 0.3) is 0 Å². The fourth-order valence-electron chi connectivity index (χ4n) is 1.66. The number of hydrogen-bond donors (Lipinski definition) is 1. The van der Waals surface area contributed by atoms with Crippen molar-refractivity contribution >= 4 is 19.5 Å². The second-order valence-corrected chi connectivity index (χ2v) is 6.11. The van der Waals surface area contributed by atoms with Gasteiger partial charge in [-0.3, -0.25) is 0 Å². The first-order valence-corrected chi connectivity index (χ1v) is 9.33. The van der Waals surface area contributed by atoms with Crippen LogP contribution in [-0.4, -0.2) is 37.0 Å². The van der Waals surface area contributed by atoms with Gasteiger partial charge in [0.05, 0.1) is 6.10 Å². The van der Waals surface area contributed by atoms with Crippen LogP contribution in [0.3, 0.4) is 0 Å². The lowest BCUT2D eigenvalue weighted by atomic mass is 9.86. The molecule has 0 heterocycles. The third-order valence-electron chi connectivity index (χ3n) is 2.10. The second-order valence-electron chi connectivity index (χ2n) is 4.28. The summed E-state index contributed by atoms with van der Waals surface area (Å²) in [6, 6.07) is 0. The van der Waals surface area contributed by atoms with Crippen LogP contribution in [0.1, 0.15) is 27.2 Å². The fourth-order valence-corrected chi connectivity index (χ4v) is 3.55. The topological polar surface area (TPSA) is 38.7 Å². The molecule has 14 heavy (non-hydrogen) atoms. The molecule has 0 radical (unpaired) electrons. The summed E-state index contributed by atoms with van der Waals surface area (Å²) >= 11 is 0. The Morgan fingerprint density at radius 3 is 1.93 bits per heavy atom. The summed E-state index contributed by atoms with van der Waals surface area (Å²) in [5.74, 6) is 0. The molecule has 0 saturated carbocycles. The number of aliphatic hydroxyl groups excluding tert-OH is 1. The van der Waals surface area contributed by atoms with Crippen molar-refractivity contribution in [1.82, 2.24) is 0 Å². The van der Waals surface area contributed by atoms with Crippen LogP contribution in [0.5, 0.6) is 0 Å². The molecule has 0 aromatic carbocycles. The van der Waals surface area contributed by atoms with Crippen molar-refractivity contribution < 1.29 is 14.0 Å². The molecule has 0 aliphatic rings. The van der Waals surface area contributed by atoms with Crippen LogP contribution in [0.2, 0.25) is 13.1 Å². The van der Waals surface area contributed by atoms with Gasteiger partial charge in [-0.1, -0.05) is 26.9 Å². The van der Waals surface area contributed by atoms with Crippen molar-refractivity contribution in [2.45, 2.75) is 52.7 Å².